The molecular weight excluding hydrogens is 206 g/mol. The van der Waals surface area contributed by atoms with Crippen LogP contribution in [0.15, 0.2) is 30.5 Å². The summed E-state index contributed by atoms with van der Waals surface area (Å²) in [5, 5.41) is 14.7. The first kappa shape index (κ1) is 10.2. The molecule has 0 aliphatic heterocycles. The highest BCUT2D eigenvalue weighted by Crippen LogP contribution is 2.15. The molecule has 1 aromatic carbocycles. The largest absolute Gasteiger partial charge is 0.545 e. The molecule has 1 heterocycles. The van der Waals surface area contributed by atoms with E-state index in [1.807, 2.05) is 6.92 Å². The van der Waals surface area contributed by atoms with Gasteiger partial charge in [-0.25, -0.2) is 4.68 Å². The van der Waals surface area contributed by atoms with Gasteiger partial charge in [-0.1, -0.05) is 12.1 Å². The molecule has 0 aliphatic rings. The lowest BCUT2D eigenvalue weighted by Crippen LogP contribution is -2.22. The van der Waals surface area contributed by atoms with E-state index in [1.54, 1.807) is 23.0 Å². The van der Waals surface area contributed by atoms with Gasteiger partial charge in [0.15, 0.2) is 0 Å². The van der Waals surface area contributed by atoms with E-state index in [4.69, 9.17) is 5.73 Å². The maximum absolute atomic E-state index is 10.6. The predicted octanol–water partition coefficient (Wildman–Crippen LogP) is 0.126. The SMILES string of the molecule is Cc1c(N)cnn1-c1ccc(C(=O)[O-])cc1. The Morgan fingerprint density at radius 1 is 1.38 bits per heavy atom. The number of benzene rings is 1. The fourth-order valence-electron chi connectivity index (χ4n) is 1.42. The highest BCUT2D eigenvalue weighted by Gasteiger charge is 2.04. The van der Waals surface area contributed by atoms with Crippen LogP contribution in [0.1, 0.15) is 16.1 Å². The van der Waals surface area contributed by atoms with Crippen LogP contribution in [0.5, 0.6) is 0 Å². The summed E-state index contributed by atoms with van der Waals surface area (Å²) in [4.78, 5) is 10.6. The number of aromatic carboxylic acids is 1. The number of nitrogen functional groups attached to an aromatic ring is 1. The van der Waals surface area contributed by atoms with Crippen LogP contribution in [0.3, 0.4) is 0 Å². The van der Waals surface area contributed by atoms with Crippen molar-refractivity contribution in [1.29, 1.82) is 0 Å². The summed E-state index contributed by atoms with van der Waals surface area (Å²) in [7, 11) is 0. The molecule has 0 unspecified atom stereocenters. The second-order valence-electron chi connectivity index (χ2n) is 3.43. The lowest BCUT2D eigenvalue weighted by Gasteiger charge is -2.06. The number of aromatic nitrogens is 2. The summed E-state index contributed by atoms with van der Waals surface area (Å²) >= 11 is 0. The summed E-state index contributed by atoms with van der Waals surface area (Å²) in [5.41, 5.74) is 7.99. The molecule has 0 bridgehead atoms. The molecule has 2 N–H and O–H groups in total. The molecule has 0 saturated carbocycles. The maximum Gasteiger partial charge on any atom is 0.0734 e. The molecule has 16 heavy (non-hydrogen) atoms. The summed E-state index contributed by atoms with van der Waals surface area (Å²) in [5.74, 6) is -1.19. The van der Waals surface area contributed by atoms with E-state index >= 15 is 0 Å². The van der Waals surface area contributed by atoms with Crippen LogP contribution in [0, 0.1) is 6.92 Å². The Bertz CT molecular complexity index is 529. The fraction of sp³-hybridized carbons (Fsp3) is 0.0909. The molecule has 82 valence electrons. The second-order valence-corrected chi connectivity index (χ2v) is 3.43. The topological polar surface area (TPSA) is 84.0 Å². The minimum atomic E-state index is -1.19. The van der Waals surface area contributed by atoms with E-state index in [2.05, 4.69) is 5.10 Å². The monoisotopic (exact) mass is 216 g/mol. The van der Waals surface area contributed by atoms with E-state index < -0.39 is 5.97 Å². The minimum absolute atomic E-state index is 0.140. The van der Waals surface area contributed by atoms with Gasteiger partial charge in [-0.05, 0) is 24.6 Å². The van der Waals surface area contributed by atoms with Crippen molar-refractivity contribution >= 4 is 11.7 Å². The van der Waals surface area contributed by atoms with Crippen LogP contribution in [0.4, 0.5) is 5.69 Å². The first-order valence-electron chi connectivity index (χ1n) is 4.71. The van der Waals surface area contributed by atoms with E-state index in [1.165, 1.54) is 12.1 Å². The molecule has 0 fully saturated rings. The Morgan fingerprint density at radius 2 is 2.00 bits per heavy atom. The molecular formula is C11H10N3O2-. The number of carboxylic acid groups (broad SMARTS) is 1. The van der Waals surface area contributed by atoms with Crippen molar-refractivity contribution in [2.45, 2.75) is 6.92 Å². The maximum atomic E-state index is 10.6. The first-order chi connectivity index (χ1) is 7.59. The Balaban J connectivity index is 2.42. The van der Waals surface area contributed by atoms with E-state index in [0.717, 1.165) is 11.4 Å². The highest BCUT2D eigenvalue weighted by atomic mass is 16.4. The minimum Gasteiger partial charge on any atom is -0.545 e. The standard InChI is InChI=1S/C11H11N3O2/c1-7-10(12)6-13-14(7)9-4-2-8(3-5-9)11(15)16/h2-6H,12H2,1H3,(H,15,16)/p-1. The van der Waals surface area contributed by atoms with E-state index in [0.29, 0.717) is 5.69 Å². The highest BCUT2D eigenvalue weighted by molar-refractivity contribution is 5.85. The van der Waals surface area contributed by atoms with Crippen molar-refractivity contribution in [3.05, 3.63) is 41.7 Å². The number of anilines is 1. The van der Waals surface area contributed by atoms with Crippen molar-refractivity contribution in [3.63, 3.8) is 0 Å². The molecule has 0 radical (unpaired) electrons. The van der Waals surface area contributed by atoms with Crippen molar-refractivity contribution in [1.82, 2.24) is 9.78 Å². The molecule has 5 nitrogen and oxygen atoms in total. The zero-order chi connectivity index (χ0) is 11.7. The fourth-order valence-corrected chi connectivity index (χ4v) is 1.42. The molecule has 0 atom stereocenters. The van der Waals surface area contributed by atoms with Gasteiger partial charge in [0.05, 0.1) is 29.2 Å². The summed E-state index contributed by atoms with van der Waals surface area (Å²) in [6.45, 7) is 1.84. The van der Waals surface area contributed by atoms with Crippen molar-refractivity contribution in [2.75, 3.05) is 5.73 Å². The average molecular weight is 216 g/mol. The Kier molecular flexibility index (Phi) is 2.36. The number of hydrogen-bond donors (Lipinski definition) is 1. The zero-order valence-corrected chi connectivity index (χ0v) is 8.68. The summed E-state index contributed by atoms with van der Waals surface area (Å²) in [6.07, 6.45) is 1.56. The number of carboxylic acids is 1. The average Bonchev–Trinajstić information content (AvgIpc) is 2.60. The van der Waals surface area contributed by atoms with Crippen molar-refractivity contribution in [3.8, 4) is 5.69 Å². The van der Waals surface area contributed by atoms with Gasteiger partial charge in [0, 0.05) is 0 Å². The molecule has 1 aromatic heterocycles. The molecule has 0 spiro atoms. The van der Waals surface area contributed by atoms with Gasteiger partial charge >= 0.3 is 0 Å². The Labute approximate surface area is 92.1 Å². The molecule has 5 heteroatoms. The van der Waals surface area contributed by atoms with Gasteiger partial charge in [0.1, 0.15) is 0 Å². The molecule has 2 rings (SSSR count). The van der Waals surface area contributed by atoms with Gasteiger partial charge < -0.3 is 15.6 Å². The third kappa shape index (κ3) is 1.63. The van der Waals surface area contributed by atoms with Crippen LogP contribution in [0.25, 0.3) is 5.69 Å². The van der Waals surface area contributed by atoms with Gasteiger partial charge in [-0.3, -0.25) is 0 Å². The number of nitrogens with two attached hydrogens (primary N) is 1. The van der Waals surface area contributed by atoms with Gasteiger partial charge in [-0.15, -0.1) is 0 Å². The molecule has 2 aromatic rings. The van der Waals surface area contributed by atoms with Crippen LogP contribution < -0.4 is 10.8 Å². The molecule has 0 amide bonds. The number of hydrogen-bond acceptors (Lipinski definition) is 4. The predicted molar refractivity (Wildman–Crippen MR) is 57.0 cm³/mol. The van der Waals surface area contributed by atoms with Gasteiger partial charge in [-0.2, -0.15) is 5.10 Å². The van der Waals surface area contributed by atoms with Gasteiger partial charge in [0.2, 0.25) is 0 Å². The number of nitrogens with zero attached hydrogens (tertiary/aromatic N) is 2. The summed E-state index contributed by atoms with van der Waals surface area (Å²) < 4.78 is 1.65. The smallest absolute Gasteiger partial charge is 0.0734 e. The van der Waals surface area contributed by atoms with Gasteiger partial charge in [0.25, 0.3) is 0 Å². The second kappa shape index (κ2) is 3.69. The quantitative estimate of drug-likeness (QED) is 0.773. The number of carbonyl (C=O) groups excluding carboxylic acids is 1. The van der Waals surface area contributed by atoms with Crippen LogP contribution >= 0.6 is 0 Å². The van der Waals surface area contributed by atoms with Crippen molar-refractivity contribution < 1.29 is 9.90 Å². The van der Waals surface area contributed by atoms with Crippen LogP contribution in [-0.2, 0) is 0 Å². The van der Waals surface area contributed by atoms with Crippen molar-refractivity contribution in [2.24, 2.45) is 0 Å². The Morgan fingerprint density at radius 3 is 2.44 bits per heavy atom. The van der Waals surface area contributed by atoms with E-state index in [-0.39, 0.29) is 5.56 Å². The third-order valence-electron chi connectivity index (χ3n) is 2.40. The lowest BCUT2D eigenvalue weighted by atomic mass is 10.2. The first-order valence-corrected chi connectivity index (χ1v) is 4.71. The third-order valence-corrected chi connectivity index (χ3v) is 2.40. The van der Waals surface area contributed by atoms with E-state index in [9.17, 15) is 9.90 Å². The summed E-state index contributed by atoms with van der Waals surface area (Å²) in [6, 6.07) is 6.26. The number of rotatable bonds is 2. The Hall–Kier alpha value is -2.30. The normalized spacial score (nSPS) is 10.3. The molecule has 0 aliphatic carbocycles. The van der Waals surface area contributed by atoms with Crippen LogP contribution in [0.2, 0.25) is 0 Å². The number of carbonyl (C=O) groups is 1. The van der Waals surface area contributed by atoms with Crippen LogP contribution in [-0.4, -0.2) is 15.7 Å². The molecule has 0 saturated heterocycles. The lowest BCUT2D eigenvalue weighted by molar-refractivity contribution is -0.255. The zero-order valence-electron chi connectivity index (χ0n) is 8.68.